The molecule has 0 heterocycles. The van der Waals surface area contributed by atoms with Gasteiger partial charge in [0.25, 0.3) is 0 Å². The van der Waals surface area contributed by atoms with Gasteiger partial charge in [0.05, 0.1) is 5.60 Å². The Balaban J connectivity index is 3.71. The minimum absolute atomic E-state index is 0.533. The lowest BCUT2D eigenvalue weighted by atomic mass is 9.97. The van der Waals surface area contributed by atoms with E-state index in [4.69, 9.17) is 0 Å². The Bertz CT molecular complexity index is 122. The monoisotopic (exact) mass is 180 g/mol. The minimum Gasteiger partial charge on any atom is -0.317 e. The predicted molar refractivity (Wildman–Crippen MR) is 45.2 cm³/mol. The zero-order chi connectivity index (χ0) is 9.78. The van der Waals surface area contributed by atoms with Crippen LogP contribution in [0.5, 0.6) is 0 Å². The number of halogens is 2. The largest absolute Gasteiger partial charge is 0.345 e. The van der Waals surface area contributed by atoms with Crippen LogP contribution in [-0.4, -0.2) is 12.2 Å². The first kappa shape index (κ1) is 11.8. The average Bonchev–Trinajstić information content (AvgIpc) is 1.81. The highest BCUT2D eigenvalue weighted by molar-refractivity contribution is 4.68. The molecule has 0 spiro atoms. The molecular weight excluding hydrogens is 162 g/mol. The van der Waals surface area contributed by atoms with Crippen LogP contribution >= 0.6 is 0 Å². The van der Waals surface area contributed by atoms with Crippen LogP contribution in [0.4, 0.5) is 8.78 Å². The average molecular weight is 180 g/mol. The molecule has 0 aliphatic rings. The van der Waals surface area contributed by atoms with E-state index in [2.05, 4.69) is 18.6 Å². The molecule has 3 heteroatoms. The zero-order valence-electron chi connectivity index (χ0n) is 8.23. The smallest absolute Gasteiger partial charge is 0.317 e. The molecular formula is C9H18F2O. The lowest BCUT2D eigenvalue weighted by Crippen LogP contribution is -2.27. The van der Waals surface area contributed by atoms with Gasteiger partial charge in [-0.1, -0.05) is 13.8 Å². The van der Waals surface area contributed by atoms with E-state index < -0.39 is 12.2 Å². The molecule has 74 valence electrons. The van der Waals surface area contributed by atoms with Crippen molar-refractivity contribution in [1.29, 1.82) is 0 Å². The van der Waals surface area contributed by atoms with Crippen LogP contribution in [0.25, 0.3) is 0 Å². The topological polar surface area (TPSA) is 9.23 Å². The van der Waals surface area contributed by atoms with Gasteiger partial charge in [-0.15, -0.1) is 0 Å². The molecule has 0 radical (unpaired) electrons. The molecule has 0 saturated carbocycles. The summed E-state index contributed by atoms with van der Waals surface area (Å²) in [5, 5.41) is 0. The molecule has 0 rings (SSSR count). The fourth-order valence-corrected chi connectivity index (χ4v) is 0.936. The first-order chi connectivity index (χ1) is 5.33. The van der Waals surface area contributed by atoms with Gasteiger partial charge in [0.2, 0.25) is 0 Å². The summed E-state index contributed by atoms with van der Waals surface area (Å²) in [5.74, 6) is 0.533. The minimum atomic E-state index is -2.66. The molecule has 0 atom stereocenters. The van der Waals surface area contributed by atoms with E-state index in [9.17, 15) is 8.78 Å². The Labute approximate surface area is 73.1 Å². The number of hydrogen-bond acceptors (Lipinski definition) is 1. The van der Waals surface area contributed by atoms with Crippen LogP contribution in [0.3, 0.4) is 0 Å². The molecule has 0 fully saturated rings. The standard InChI is InChI=1S/C9H18F2O/c1-7(2)5-6-9(3,4)12-8(10)11/h7-8H,5-6H2,1-4H3. The van der Waals surface area contributed by atoms with Gasteiger partial charge in [-0.3, -0.25) is 0 Å². The van der Waals surface area contributed by atoms with Crippen LogP contribution in [-0.2, 0) is 4.74 Å². The summed E-state index contributed by atoms with van der Waals surface area (Å²) >= 11 is 0. The molecule has 0 saturated heterocycles. The van der Waals surface area contributed by atoms with Gasteiger partial charge in [-0.25, -0.2) is 0 Å². The second-order valence-corrected chi connectivity index (χ2v) is 4.07. The molecule has 0 unspecified atom stereocenters. The van der Waals surface area contributed by atoms with E-state index >= 15 is 0 Å². The van der Waals surface area contributed by atoms with E-state index in [-0.39, 0.29) is 0 Å². The summed E-state index contributed by atoms with van der Waals surface area (Å²) in [5.41, 5.74) is -0.696. The van der Waals surface area contributed by atoms with E-state index in [1.165, 1.54) is 0 Å². The summed E-state index contributed by atoms with van der Waals surface area (Å²) in [7, 11) is 0. The third-order valence-corrected chi connectivity index (χ3v) is 1.73. The number of alkyl halides is 2. The predicted octanol–water partition coefficient (Wildman–Crippen LogP) is 3.44. The highest BCUT2D eigenvalue weighted by Gasteiger charge is 2.22. The van der Waals surface area contributed by atoms with Crippen molar-refractivity contribution in [2.24, 2.45) is 5.92 Å². The Morgan fingerprint density at radius 1 is 1.25 bits per heavy atom. The van der Waals surface area contributed by atoms with Crippen molar-refractivity contribution in [3.63, 3.8) is 0 Å². The molecule has 0 aliphatic carbocycles. The van der Waals surface area contributed by atoms with Crippen LogP contribution in [0, 0.1) is 5.92 Å². The molecule has 1 nitrogen and oxygen atoms in total. The summed E-state index contributed by atoms with van der Waals surface area (Å²) < 4.78 is 28.1. The lowest BCUT2D eigenvalue weighted by molar-refractivity contribution is -0.199. The van der Waals surface area contributed by atoms with Crippen molar-refractivity contribution in [3.8, 4) is 0 Å². The summed E-state index contributed by atoms with van der Waals surface area (Å²) in [6, 6.07) is 0. The Morgan fingerprint density at radius 3 is 2.08 bits per heavy atom. The maximum atomic E-state index is 11.8. The fraction of sp³-hybridized carbons (Fsp3) is 1.00. The van der Waals surface area contributed by atoms with Gasteiger partial charge in [0.1, 0.15) is 0 Å². The van der Waals surface area contributed by atoms with Crippen molar-refractivity contribution in [3.05, 3.63) is 0 Å². The Morgan fingerprint density at radius 2 is 1.75 bits per heavy atom. The van der Waals surface area contributed by atoms with Gasteiger partial charge >= 0.3 is 6.61 Å². The molecule has 0 aromatic rings. The molecule has 0 aromatic carbocycles. The van der Waals surface area contributed by atoms with E-state index in [0.29, 0.717) is 12.3 Å². The zero-order valence-corrected chi connectivity index (χ0v) is 8.23. The van der Waals surface area contributed by atoms with Crippen LogP contribution in [0.1, 0.15) is 40.5 Å². The van der Waals surface area contributed by atoms with E-state index in [0.717, 1.165) is 6.42 Å². The van der Waals surface area contributed by atoms with E-state index in [1.807, 2.05) is 0 Å². The first-order valence-electron chi connectivity index (χ1n) is 4.29. The van der Waals surface area contributed by atoms with Crippen molar-refractivity contribution < 1.29 is 13.5 Å². The highest BCUT2D eigenvalue weighted by Crippen LogP contribution is 2.22. The molecule has 0 bridgehead atoms. The van der Waals surface area contributed by atoms with Crippen LogP contribution < -0.4 is 0 Å². The molecule has 12 heavy (non-hydrogen) atoms. The third kappa shape index (κ3) is 6.53. The Hall–Kier alpha value is -0.180. The summed E-state index contributed by atoms with van der Waals surface area (Å²) in [6.45, 7) is 4.87. The van der Waals surface area contributed by atoms with Gasteiger partial charge in [-0.2, -0.15) is 8.78 Å². The summed E-state index contributed by atoms with van der Waals surface area (Å²) in [6.07, 6.45) is 1.59. The first-order valence-corrected chi connectivity index (χ1v) is 4.29. The van der Waals surface area contributed by atoms with Gasteiger partial charge in [0, 0.05) is 0 Å². The maximum absolute atomic E-state index is 11.8. The SMILES string of the molecule is CC(C)CCC(C)(C)OC(F)F. The second-order valence-electron chi connectivity index (χ2n) is 4.07. The van der Waals surface area contributed by atoms with Crippen molar-refractivity contribution in [1.82, 2.24) is 0 Å². The molecule has 0 N–H and O–H groups in total. The maximum Gasteiger partial charge on any atom is 0.345 e. The van der Waals surface area contributed by atoms with Gasteiger partial charge < -0.3 is 4.74 Å². The van der Waals surface area contributed by atoms with Crippen molar-refractivity contribution in [2.45, 2.75) is 52.7 Å². The normalized spacial score (nSPS) is 13.0. The quantitative estimate of drug-likeness (QED) is 0.629. The van der Waals surface area contributed by atoms with Gasteiger partial charge in [-0.05, 0) is 32.6 Å². The van der Waals surface area contributed by atoms with Crippen molar-refractivity contribution in [2.75, 3.05) is 0 Å². The van der Waals surface area contributed by atoms with Crippen molar-refractivity contribution >= 4 is 0 Å². The summed E-state index contributed by atoms with van der Waals surface area (Å²) in [4.78, 5) is 0. The number of ether oxygens (including phenoxy) is 1. The molecule has 0 aromatic heterocycles. The van der Waals surface area contributed by atoms with Crippen LogP contribution in [0.2, 0.25) is 0 Å². The second kappa shape index (κ2) is 4.75. The third-order valence-electron chi connectivity index (χ3n) is 1.73. The number of rotatable bonds is 5. The number of hydrogen-bond donors (Lipinski definition) is 0. The fourth-order valence-electron chi connectivity index (χ4n) is 0.936. The van der Waals surface area contributed by atoms with Gasteiger partial charge in [0.15, 0.2) is 0 Å². The highest BCUT2D eigenvalue weighted by atomic mass is 19.3. The van der Waals surface area contributed by atoms with Crippen LogP contribution in [0.15, 0.2) is 0 Å². The lowest BCUT2D eigenvalue weighted by Gasteiger charge is -2.25. The molecule has 0 aliphatic heterocycles. The Kier molecular flexibility index (Phi) is 4.68. The molecule has 0 amide bonds. The van der Waals surface area contributed by atoms with E-state index in [1.54, 1.807) is 13.8 Å².